The van der Waals surface area contributed by atoms with Crippen molar-refractivity contribution in [2.75, 3.05) is 0 Å². The molecule has 120 valence electrons. The highest BCUT2D eigenvalue weighted by Crippen LogP contribution is 2.41. The molecule has 0 aliphatic rings. The van der Waals surface area contributed by atoms with Gasteiger partial charge in [0.2, 0.25) is 0 Å². The normalized spacial score (nSPS) is 13.0. The van der Waals surface area contributed by atoms with Gasteiger partial charge < -0.3 is 0 Å². The average Bonchev–Trinajstić information content (AvgIpc) is 2.74. The number of rotatable bonds is 3. The number of hydrogen-bond donors (Lipinski definition) is 0. The van der Waals surface area contributed by atoms with Crippen molar-refractivity contribution in [1.29, 1.82) is 0 Å². The minimum absolute atomic E-state index is 0.130. The van der Waals surface area contributed by atoms with Gasteiger partial charge in [-0.3, -0.25) is 10.1 Å². The Bertz CT molecular complexity index is 1270. The van der Waals surface area contributed by atoms with Gasteiger partial charge in [-0.05, 0) is 33.5 Å². The van der Waals surface area contributed by atoms with Crippen LogP contribution in [0.1, 0.15) is 5.48 Å². The molecule has 25 heavy (non-hydrogen) atoms. The van der Waals surface area contributed by atoms with Crippen LogP contribution in [0.5, 0.6) is 0 Å². The molecule has 0 aliphatic heterocycles. The molecule has 0 radical (unpaired) electrons. The highest BCUT2D eigenvalue weighted by molar-refractivity contribution is 6.04. The van der Waals surface area contributed by atoms with E-state index < -0.39 is 11.0 Å². The van der Waals surface area contributed by atoms with Gasteiger partial charge in [0.15, 0.2) is 0 Å². The van der Waals surface area contributed by atoms with Crippen molar-refractivity contribution < 1.29 is 10.4 Å². The lowest BCUT2D eigenvalue weighted by Crippen LogP contribution is -1.95. The summed E-state index contributed by atoms with van der Waals surface area (Å²) in [5, 5.41) is 13.2. The quantitative estimate of drug-likeness (QED) is 0.337. The van der Waals surface area contributed by atoms with Crippen molar-refractivity contribution in [3.8, 4) is 22.3 Å². The third kappa shape index (κ3) is 2.66. The van der Waals surface area contributed by atoms with E-state index in [0.29, 0.717) is 10.9 Å². The summed E-state index contributed by atoms with van der Waals surface area (Å²) >= 11 is 0. The van der Waals surface area contributed by atoms with Gasteiger partial charge >= 0.3 is 0 Å². The molecule has 4 rings (SSSR count). The Morgan fingerprint density at radius 3 is 2.24 bits per heavy atom. The maximum Gasteiger partial charge on any atom is 0.277 e. The van der Waals surface area contributed by atoms with Crippen LogP contribution in [-0.4, -0.2) is 4.92 Å². The number of hydrogen-bond acceptors (Lipinski definition) is 2. The first kappa shape index (κ1) is 11.2. The zero-order valence-corrected chi connectivity index (χ0v) is 13.1. The summed E-state index contributed by atoms with van der Waals surface area (Å²) in [5.74, 6) is 0. The second-order valence-corrected chi connectivity index (χ2v) is 5.55. The lowest BCUT2D eigenvalue weighted by molar-refractivity contribution is -0.384. The molecule has 3 heteroatoms. The van der Waals surface area contributed by atoms with Crippen molar-refractivity contribution in [3.05, 3.63) is 101 Å². The topological polar surface area (TPSA) is 43.1 Å². The Labute approximate surface area is 151 Å². The molecule has 0 fully saturated rings. The van der Waals surface area contributed by atoms with Gasteiger partial charge in [-0.1, -0.05) is 78.8 Å². The third-order valence-corrected chi connectivity index (χ3v) is 4.10. The molecule has 0 heterocycles. The highest BCUT2D eigenvalue weighted by atomic mass is 16.6. The van der Waals surface area contributed by atoms with Crippen molar-refractivity contribution in [2.45, 2.75) is 0 Å². The van der Waals surface area contributed by atoms with Gasteiger partial charge in [-0.15, -0.1) is 0 Å². The Morgan fingerprint density at radius 1 is 0.800 bits per heavy atom. The lowest BCUT2D eigenvalue weighted by atomic mass is 9.90. The lowest BCUT2D eigenvalue weighted by Gasteiger charge is -2.13. The summed E-state index contributed by atoms with van der Waals surface area (Å²) in [5.41, 5.74) is 0.934. The van der Waals surface area contributed by atoms with Crippen LogP contribution in [0.15, 0.2) is 90.9 Å². The molecule has 3 nitrogen and oxygen atoms in total. The Kier molecular flexibility index (Phi) is 2.77. The fourth-order valence-electron chi connectivity index (χ4n) is 3.00. The smallest absolute Gasteiger partial charge is 0.258 e. The largest absolute Gasteiger partial charge is 0.277 e. The molecule has 0 atom stereocenters. The zero-order chi connectivity index (χ0) is 20.7. The Hall–Kier alpha value is -3.46. The van der Waals surface area contributed by atoms with Gasteiger partial charge in [0.05, 0.1) is 16.0 Å². The molecule has 0 unspecified atom stereocenters. The predicted octanol–water partition coefficient (Wildman–Crippen LogP) is 6.08. The van der Waals surface area contributed by atoms with E-state index in [1.165, 1.54) is 6.07 Å². The number of fused-ring (bicyclic) bond motifs is 1. The molecule has 0 bridgehead atoms. The van der Waals surface area contributed by atoms with Crippen LogP contribution in [0, 0.1) is 10.1 Å². The SMILES string of the molecule is [2H]c1c([2H])c([2H])c(-c2c([N+](=O)[O-])ccc3ccccc23)c(-c2ccccc2)c1[2H]. The summed E-state index contributed by atoms with van der Waals surface area (Å²) < 4.78 is 33.3. The van der Waals surface area contributed by atoms with E-state index in [-0.39, 0.29) is 40.5 Å². The molecule has 0 spiro atoms. The van der Waals surface area contributed by atoms with E-state index in [2.05, 4.69) is 0 Å². The van der Waals surface area contributed by atoms with E-state index in [1.807, 2.05) is 12.1 Å². The molecule has 4 aromatic carbocycles. The fourth-order valence-corrected chi connectivity index (χ4v) is 3.00. The van der Waals surface area contributed by atoms with Gasteiger partial charge in [0, 0.05) is 6.07 Å². The molecular weight excluding hydrogens is 310 g/mol. The first-order chi connectivity index (χ1) is 13.9. The van der Waals surface area contributed by atoms with Crippen LogP contribution in [0.25, 0.3) is 33.0 Å². The monoisotopic (exact) mass is 329 g/mol. The number of nitrogens with zero attached hydrogens (tertiary/aromatic N) is 1. The second-order valence-electron chi connectivity index (χ2n) is 5.55. The molecule has 0 aliphatic carbocycles. The van der Waals surface area contributed by atoms with Crippen molar-refractivity contribution >= 4 is 16.5 Å². The van der Waals surface area contributed by atoms with Gasteiger partial charge in [-0.25, -0.2) is 0 Å². The van der Waals surface area contributed by atoms with E-state index in [4.69, 9.17) is 5.48 Å². The average molecular weight is 329 g/mol. The van der Waals surface area contributed by atoms with Crippen LogP contribution in [0.3, 0.4) is 0 Å². The van der Waals surface area contributed by atoms with E-state index in [9.17, 15) is 10.1 Å². The Balaban J connectivity index is 2.26. The summed E-state index contributed by atoms with van der Waals surface area (Å²) in [6, 6.07) is 17.6. The summed E-state index contributed by atoms with van der Waals surface area (Å²) in [4.78, 5) is 11.3. The zero-order valence-electron chi connectivity index (χ0n) is 17.1. The minimum atomic E-state index is -0.516. The fraction of sp³-hybridized carbons (Fsp3) is 0. The summed E-state index contributed by atoms with van der Waals surface area (Å²) in [6.07, 6.45) is 0. The van der Waals surface area contributed by atoms with Crippen molar-refractivity contribution in [3.63, 3.8) is 0 Å². The Morgan fingerprint density at radius 2 is 1.48 bits per heavy atom. The first-order valence-electron chi connectivity index (χ1n) is 9.74. The van der Waals surface area contributed by atoms with Gasteiger partial charge in [-0.2, -0.15) is 0 Å². The molecule has 0 amide bonds. The van der Waals surface area contributed by atoms with Crippen LogP contribution in [0.4, 0.5) is 5.69 Å². The van der Waals surface area contributed by atoms with E-state index >= 15 is 0 Å². The van der Waals surface area contributed by atoms with Crippen LogP contribution in [-0.2, 0) is 0 Å². The van der Waals surface area contributed by atoms with Gasteiger partial charge in [0.25, 0.3) is 5.69 Å². The number of nitro benzene ring substituents is 1. The standard InChI is InChI=1S/C22H15NO2/c24-23(25)21-15-14-17-10-4-5-12-19(17)22(21)20-13-7-6-11-18(20)16-8-2-1-3-9-16/h1-15H/i6D,7D,11D,13D. The molecule has 0 aromatic heterocycles. The van der Waals surface area contributed by atoms with E-state index in [1.54, 1.807) is 48.5 Å². The molecule has 0 saturated carbocycles. The van der Waals surface area contributed by atoms with Crippen LogP contribution >= 0.6 is 0 Å². The third-order valence-electron chi connectivity index (χ3n) is 4.10. The summed E-state index contributed by atoms with van der Waals surface area (Å²) in [6.45, 7) is 0. The second kappa shape index (κ2) is 6.21. The number of nitro groups is 1. The number of benzene rings is 4. The predicted molar refractivity (Wildman–Crippen MR) is 101 cm³/mol. The van der Waals surface area contributed by atoms with Crippen molar-refractivity contribution in [1.82, 2.24) is 0 Å². The molecule has 0 saturated heterocycles. The van der Waals surface area contributed by atoms with Crippen LogP contribution in [0.2, 0.25) is 0 Å². The van der Waals surface area contributed by atoms with Crippen LogP contribution < -0.4 is 0 Å². The minimum Gasteiger partial charge on any atom is -0.258 e. The molecular formula is C22H15NO2. The van der Waals surface area contributed by atoms with E-state index in [0.717, 1.165) is 5.39 Å². The highest BCUT2D eigenvalue weighted by Gasteiger charge is 2.20. The van der Waals surface area contributed by atoms with Crippen molar-refractivity contribution in [2.24, 2.45) is 0 Å². The van der Waals surface area contributed by atoms with Gasteiger partial charge in [0.1, 0.15) is 0 Å². The maximum absolute atomic E-state index is 11.8. The maximum atomic E-state index is 11.8. The molecule has 0 N–H and O–H groups in total. The summed E-state index contributed by atoms with van der Waals surface area (Å²) in [7, 11) is 0. The first-order valence-corrected chi connectivity index (χ1v) is 7.74. The molecule has 4 aromatic rings.